The highest BCUT2D eigenvalue weighted by atomic mass is 16.5. The first-order valence-corrected chi connectivity index (χ1v) is 5.60. The van der Waals surface area contributed by atoms with Crippen molar-refractivity contribution in [1.29, 1.82) is 0 Å². The van der Waals surface area contributed by atoms with Gasteiger partial charge in [0.15, 0.2) is 5.84 Å². The third kappa shape index (κ3) is 1.97. The van der Waals surface area contributed by atoms with Crippen molar-refractivity contribution < 1.29 is 4.74 Å². The summed E-state index contributed by atoms with van der Waals surface area (Å²) in [4.78, 5) is 0. The number of hydrogen-bond donors (Lipinski definition) is 2. The highest BCUT2D eigenvalue weighted by Gasteiger charge is 2.14. The molecule has 0 aliphatic carbocycles. The third-order valence-electron chi connectivity index (χ3n) is 2.71. The van der Waals surface area contributed by atoms with Crippen molar-refractivity contribution in [2.75, 3.05) is 13.7 Å². The molecule has 1 aromatic carbocycles. The molecule has 0 atom stereocenters. The molecule has 0 radical (unpaired) electrons. The van der Waals surface area contributed by atoms with Crippen molar-refractivity contribution >= 4 is 11.9 Å². The Kier molecular flexibility index (Phi) is 2.45. The molecule has 1 aromatic rings. The van der Waals surface area contributed by atoms with E-state index in [4.69, 9.17) is 4.74 Å². The molecule has 2 N–H and O–H groups in total. The van der Waals surface area contributed by atoms with Crippen LogP contribution < -0.4 is 15.7 Å². The fourth-order valence-corrected chi connectivity index (χ4v) is 1.87. The number of benzene rings is 1. The number of hydrazine groups is 2. The molecule has 5 nitrogen and oxygen atoms in total. The SMILES string of the molecule is CN1NN=C(c2ccc3c(c2)C=CCCO3)N1. The van der Waals surface area contributed by atoms with E-state index in [0.717, 1.165) is 35.7 Å². The molecule has 88 valence electrons. The predicted octanol–water partition coefficient (Wildman–Crippen LogP) is 1.10. The van der Waals surface area contributed by atoms with Gasteiger partial charge in [-0.25, -0.2) is 5.53 Å². The minimum absolute atomic E-state index is 0.742. The third-order valence-corrected chi connectivity index (χ3v) is 2.71. The molecular formula is C12H14N4O. The summed E-state index contributed by atoms with van der Waals surface area (Å²) in [5, 5.41) is 5.88. The van der Waals surface area contributed by atoms with Crippen LogP contribution in [0.4, 0.5) is 0 Å². The van der Waals surface area contributed by atoms with Gasteiger partial charge in [0, 0.05) is 18.2 Å². The molecule has 2 aliphatic rings. The Labute approximate surface area is 99.7 Å². The second kappa shape index (κ2) is 4.10. The molecule has 0 saturated carbocycles. The van der Waals surface area contributed by atoms with E-state index in [-0.39, 0.29) is 0 Å². The monoisotopic (exact) mass is 230 g/mol. The maximum atomic E-state index is 5.64. The van der Waals surface area contributed by atoms with E-state index in [1.54, 1.807) is 5.12 Å². The molecule has 0 bridgehead atoms. The van der Waals surface area contributed by atoms with Gasteiger partial charge in [-0.05, 0) is 24.6 Å². The molecule has 5 heteroatoms. The number of hydrogen-bond acceptors (Lipinski definition) is 5. The average Bonchev–Trinajstić information content (AvgIpc) is 2.64. The van der Waals surface area contributed by atoms with E-state index in [1.165, 1.54) is 0 Å². The van der Waals surface area contributed by atoms with Gasteiger partial charge in [-0.1, -0.05) is 12.2 Å². The van der Waals surface area contributed by atoms with Gasteiger partial charge in [-0.3, -0.25) is 5.43 Å². The Balaban J connectivity index is 1.95. The molecule has 2 heterocycles. The number of nitrogens with one attached hydrogen (secondary N) is 2. The molecule has 3 rings (SSSR count). The van der Waals surface area contributed by atoms with Gasteiger partial charge < -0.3 is 4.74 Å². The number of ether oxygens (including phenoxy) is 1. The van der Waals surface area contributed by atoms with Crippen LogP contribution in [0.25, 0.3) is 6.08 Å². The number of amidine groups is 1. The molecular weight excluding hydrogens is 216 g/mol. The highest BCUT2D eigenvalue weighted by molar-refractivity contribution is 5.99. The summed E-state index contributed by atoms with van der Waals surface area (Å²) < 4.78 is 5.64. The van der Waals surface area contributed by atoms with Gasteiger partial charge in [-0.15, -0.1) is 10.2 Å². The molecule has 0 saturated heterocycles. The van der Waals surface area contributed by atoms with Crippen LogP contribution in [0.5, 0.6) is 5.75 Å². The van der Waals surface area contributed by atoms with E-state index in [2.05, 4.69) is 34.3 Å². The highest BCUT2D eigenvalue weighted by Crippen LogP contribution is 2.24. The van der Waals surface area contributed by atoms with Gasteiger partial charge in [0.2, 0.25) is 0 Å². The summed E-state index contributed by atoms with van der Waals surface area (Å²) in [7, 11) is 1.86. The first-order valence-electron chi connectivity index (χ1n) is 5.60. The smallest absolute Gasteiger partial charge is 0.170 e. The van der Waals surface area contributed by atoms with Crippen LogP contribution in [-0.2, 0) is 0 Å². The average molecular weight is 230 g/mol. The minimum atomic E-state index is 0.742. The summed E-state index contributed by atoms with van der Waals surface area (Å²) in [6.45, 7) is 0.742. The first-order chi connectivity index (χ1) is 8.33. The van der Waals surface area contributed by atoms with E-state index >= 15 is 0 Å². The van der Waals surface area contributed by atoms with Crippen LogP contribution in [0.2, 0.25) is 0 Å². The van der Waals surface area contributed by atoms with Crippen LogP contribution in [0.1, 0.15) is 17.5 Å². The van der Waals surface area contributed by atoms with Crippen LogP contribution in [-0.4, -0.2) is 24.6 Å². The van der Waals surface area contributed by atoms with E-state index in [1.807, 2.05) is 19.2 Å². The van der Waals surface area contributed by atoms with Crippen LogP contribution in [0.15, 0.2) is 29.4 Å². The lowest BCUT2D eigenvalue weighted by atomic mass is 10.1. The van der Waals surface area contributed by atoms with Crippen LogP contribution >= 0.6 is 0 Å². The van der Waals surface area contributed by atoms with E-state index in [9.17, 15) is 0 Å². The Morgan fingerprint density at radius 3 is 3.18 bits per heavy atom. The van der Waals surface area contributed by atoms with Gasteiger partial charge >= 0.3 is 0 Å². The fraction of sp³-hybridized carbons (Fsp3) is 0.250. The van der Waals surface area contributed by atoms with Crippen molar-refractivity contribution in [1.82, 2.24) is 16.1 Å². The lowest BCUT2D eigenvalue weighted by Gasteiger charge is -2.10. The summed E-state index contributed by atoms with van der Waals surface area (Å²) in [5.74, 6) is 1.75. The maximum Gasteiger partial charge on any atom is 0.170 e. The Morgan fingerprint density at radius 2 is 2.35 bits per heavy atom. The van der Waals surface area contributed by atoms with Crippen LogP contribution in [0, 0.1) is 0 Å². The molecule has 0 amide bonds. The summed E-state index contributed by atoms with van der Waals surface area (Å²) >= 11 is 0. The van der Waals surface area contributed by atoms with Gasteiger partial charge in [0.1, 0.15) is 5.75 Å². The first kappa shape index (κ1) is 10.2. The second-order valence-electron chi connectivity index (χ2n) is 4.02. The zero-order valence-electron chi connectivity index (χ0n) is 9.60. The summed E-state index contributed by atoms with van der Waals surface area (Å²) in [6.07, 6.45) is 5.18. The topological polar surface area (TPSA) is 48.9 Å². The quantitative estimate of drug-likeness (QED) is 0.758. The zero-order valence-corrected chi connectivity index (χ0v) is 9.60. The maximum absolute atomic E-state index is 5.64. The van der Waals surface area contributed by atoms with Crippen LogP contribution in [0.3, 0.4) is 0 Å². The Hall–Kier alpha value is -2.01. The predicted molar refractivity (Wildman–Crippen MR) is 66.2 cm³/mol. The molecule has 0 unspecified atom stereocenters. The van der Waals surface area contributed by atoms with Crippen molar-refractivity contribution in [2.45, 2.75) is 6.42 Å². The normalized spacial score (nSPS) is 18.5. The van der Waals surface area contributed by atoms with Gasteiger partial charge in [-0.2, -0.15) is 0 Å². The molecule has 0 spiro atoms. The number of nitrogens with zero attached hydrogens (tertiary/aromatic N) is 2. The van der Waals surface area contributed by atoms with Gasteiger partial charge in [0.05, 0.1) is 6.61 Å². The molecule has 2 aliphatic heterocycles. The summed E-state index contributed by atoms with van der Waals surface area (Å²) in [6, 6.07) is 6.07. The van der Waals surface area contributed by atoms with Crippen molar-refractivity contribution in [3.8, 4) is 5.75 Å². The fourth-order valence-electron chi connectivity index (χ4n) is 1.87. The van der Waals surface area contributed by atoms with E-state index < -0.39 is 0 Å². The standard InChI is InChI=1S/C12H14N4O/c1-16-14-12(13-15-16)10-5-6-11-9(8-10)4-2-3-7-17-11/h2,4-6,8,15H,3,7H2,1H3,(H,13,14). The largest absolute Gasteiger partial charge is 0.493 e. The molecule has 17 heavy (non-hydrogen) atoms. The lowest BCUT2D eigenvalue weighted by Crippen LogP contribution is -2.37. The molecule has 0 fully saturated rings. The number of fused-ring (bicyclic) bond motifs is 1. The number of rotatable bonds is 1. The van der Waals surface area contributed by atoms with Crippen molar-refractivity contribution in [2.24, 2.45) is 5.10 Å². The second-order valence-corrected chi connectivity index (χ2v) is 4.02. The Bertz CT molecular complexity index is 495. The van der Waals surface area contributed by atoms with Crippen molar-refractivity contribution in [3.05, 3.63) is 35.4 Å². The van der Waals surface area contributed by atoms with E-state index in [0.29, 0.717) is 0 Å². The number of hydrazone groups is 1. The van der Waals surface area contributed by atoms with Gasteiger partial charge in [0.25, 0.3) is 0 Å². The zero-order chi connectivity index (χ0) is 11.7. The molecule has 0 aromatic heterocycles. The minimum Gasteiger partial charge on any atom is -0.493 e. The Morgan fingerprint density at radius 1 is 1.41 bits per heavy atom. The summed E-state index contributed by atoms with van der Waals surface area (Å²) in [5.41, 5.74) is 8.06. The van der Waals surface area contributed by atoms with Crippen molar-refractivity contribution in [3.63, 3.8) is 0 Å². The lowest BCUT2D eigenvalue weighted by molar-refractivity contribution is 0.232.